The Kier molecular flexibility index (Phi) is 7.64. The molecule has 4 heteroatoms. The molecule has 0 fully saturated rings. The van der Waals surface area contributed by atoms with Crippen molar-refractivity contribution < 1.29 is 27.1 Å². The van der Waals surface area contributed by atoms with Crippen LogP contribution in [0.15, 0.2) is 115 Å². The third-order valence-corrected chi connectivity index (χ3v) is 7.38. The third-order valence-electron chi connectivity index (χ3n) is 7.38. The molecule has 0 radical (unpaired) electrons. The first-order chi connectivity index (χ1) is 18.9. The summed E-state index contributed by atoms with van der Waals surface area (Å²) in [6.45, 7) is 12.5. The van der Waals surface area contributed by atoms with Crippen molar-refractivity contribution in [2.75, 3.05) is 0 Å². The average Bonchev–Trinajstić information content (AvgIpc) is 3.50. The van der Waals surface area contributed by atoms with E-state index in [-0.39, 0.29) is 27.8 Å². The quantitative estimate of drug-likeness (QED) is 0.134. The number of rotatable bonds is 2. The summed E-state index contributed by atoms with van der Waals surface area (Å²) in [5, 5.41) is 1.16. The molecule has 3 nitrogen and oxygen atoms in total. The molecule has 1 aliphatic rings. The van der Waals surface area contributed by atoms with Crippen molar-refractivity contribution in [3.63, 3.8) is 0 Å². The molecule has 4 aromatic carbocycles. The van der Waals surface area contributed by atoms with Crippen molar-refractivity contribution >= 4 is 10.9 Å². The van der Waals surface area contributed by atoms with Crippen LogP contribution < -0.4 is 9.72 Å². The Hall–Kier alpha value is -4.15. The van der Waals surface area contributed by atoms with Crippen LogP contribution in [0.5, 0.6) is 11.5 Å². The van der Waals surface area contributed by atoms with Gasteiger partial charge < -0.3 is 9.72 Å². The van der Waals surface area contributed by atoms with Crippen molar-refractivity contribution in [3.05, 3.63) is 151 Å². The first-order valence-electron chi connectivity index (χ1n) is 13.1. The van der Waals surface area contributed by atoms with Crippen LogP contribution in [0, 0.1) is 13.8 Å². The van der Waals surface area contributed by atoms with Crippen LogP contribution in [0.1, 0.15) is 36.1 Å². The third kappa shape index (κ3) is 4.96. The zero-order chi connectivity index (χ0) is 27.0. The molecule has 6 aromatic rings. The summed E-state index contributed by atoms with van der Waals surface area (Å²) in [5.74, 6) is 1.76. The molecule has 0 saturated carbocycles. The summed E-state index contributed by atoms with van der Waals surface area (Å²) >= 11 is 0. The second-order valence-electron chi connectivity index (χ2n) is 10.3. The van der Waals surface area contributed by atoms with Crippen molar-refractivity contribution in [1.29, 1.82) is 0 Å². The van der Waals surface area contributed by atoms with Crippen LogP contribution in [0.4, 0.5) is 0 Å². The van der Waals surface area contributed by atoms with Gasteiger partial charge in [-0.1, -0.05) is 97.8 Å². The van der Waals surface area contributed by atoms with Gasteiger partial charge in [-0.2, -0.15) is 43.3 Å². The number of benzene rings is 4. The van der Waals surface area contributed by atoms with Crippen LogP contribution in [-0.2, 0) is 27.8 Å². The van der Waals surface area contributed by atoms with E-state index in [0.717, 1.165) is 56.0 Å². The number of aromatic nitrogens is 2. The SMILES string of the molecule is [Au+3].[CH2-]c1cccc2c1Oc1c([CH2-])cccc1C2(C)C.c1c[n-]c(-c2ccccc2-c2ccc3ccccc3n2)c1. The molecule has 7 rings (SSSR count). The van der Waals surface area contributed by atoms with E-state index in [1.165, 1.54) is 11.1 Å². The predicted octanol–water partition coefficient (Wildman–Crippen LogP) is 9.01. The van der Waals surface area contributed by atoms with Gasteiger partial charge in [-0.3, -0.25) is 0 Å². The fourth-order valence-corrected chi connectivity index (χ4v) is 5.25. The number of fused-ring (bicyclic) bond motifs is 3. The molecule has 0 atom stereocenters. The maximum atomic E-state index is 6.05. The molecular weight excluding hydrogens is 673 g/mol. The van der Waals surface area contributed by atoms with E-state index in [0.29, 0.717) is 0 Å². The topological polar surface area (TPSA) is 36.2 Å². The largest absolute Gasteiger partial charge is 3.00 e. The molecule has 200 valence electrons. The van der Waals surface area contributed by atoms with Crippen LogP contribution >= 0.6 is 0 Å². The Balaban J connectivity index is 0.000000159. The van der Waals surface area contributed by atoms with Crippen molar-refractivity contribution in [2.45, 2.75) is 19.3 Å². The Bertz CT molecular complexity index is 1730. The second-order valence-corrected chi connectivity index (χ2v) is 10.3. The Morgan fingerprint density at radius 1 is 0.650 bits per heavy atom. The Morgan fingerprint density at radius 2 is 1.27 bits per heavy atom. The molecule has 0 unspecified atom stereocenters. The molecule has 0 aliphatic carbocycles. The maximum Gasteiger partial charge on any atom is 3.00 e. The molecule has 0 bridgehead atoms. The summed E-state index contributed by atoms with van der Waals surface area (Å²) < 4.78 is 6.05. The number of hydrogen-bond donors (Lipinski definition) is 0. The van der Waals surface area contributed by atoms with Crippen molar-refractivity contribution in [3.8, 4) is 34.0 Å². The van der Waals surface area contributed by atoms with E-state index in [2.05, 4.69) is 75.1 Å². The van der Waals surface area contributed by atoms with E-state index < -0.39 is 0 Å². The van der Waals surface area contributed by atoms with Gasteiger partial charge in [0.2, 0.25) is 0 Å². The van der Waals surface area contributed by atoms with Crippen LogP contribution in [-0.4, -0.2) is 4.98 Å². The van der Waals surface area contributed by atoms with E-state index >= 15 is 0 Å². The van der Waals surface area contributed by atoms with Gasteiger partial charge in [0.15, 0.2) is 0 Å². The zero-order valence-corrected chi connectivity index (χ0v) is 24.7. The fraction of sp³-hybridized carbons (Fsp3) is 0.0833. The number of para-hydroxylation sites is 3. The number of hydrogen-bond acceptors (Lipinski definition) is 2. The number of pyridine rings is 1. The average molecular weight is 703 g/mol. The summed E-state index contributed by atoms with van der Waals surface area (Å²) in [6.07, 6.45) is 1.82. The summed E-state index contributed by atoms with van der Waals surface area (Å²) in [5.41, 5.74) is 9.36. The van der Waals surface area contributed by atoms with Gasteiger partial charge in [0.05, 0.1) is 11.2 Å². The van der Waals surface area contributed by atoms with Gasteiger partial charge in [0.1, 0.15) is 0 Å². The zero-order valence-electron chi connectivity index (χ0n) is 22.5. The van der Waals surface area contributed by atoms with Gasteiger partial charge in [-0.05, 0) is 23.1 Å². The molecule has 0 saturated heterocycles. The molecule has 0 amide bonds. The minimum absolute atomic E-state index is 0. The van der Waals surface area contributed by atoms with Crippen LogP contribution in [0.25, 0.3) is 33.4 Å². The normalized spacial score (nSPS) is 12.7. The molecule has 40 heavy (non-hydrogen) atoms. The predicted molar refractivity (Wildman–Crippen MR) is 160 cm³/mol. The van der Waals surface area contributed by atoms with Gasteiger partial charge >= 0.3 is 22.4 Å². The maximum absolute atomic E-state index is 6.05. The Labute approximate surface area is 251 Å². The van der Waals surface area contributed by atoms with Gasteiger partial charge in [0, 0.05) is 22.4 Å². The molecule has 0 N–H and O–H groups in total. The number of ether oxygens (including phenoxy) is 1. The Morgan fingerprint density at radius 3 is 1.93 bits per heavy atom. The van der Waals surface area contributed by atoms with E-state index in [1.54, 1.807) is 0 Å². The van der Waals surface area contributed by atoms with Crippen LogP contribution in [0.2, 0.25) is 0 Å². The minimum atomic E-state index is -0.0791. The first-order valence-corrected chi connectivity index (χ1v) is 13.1. The minimum Gasteiger partial charge on any atom is -0.664 e. The molecule has 3 heterocycles. The number of nitrogens with zero attached hydrogens (tertiary/aromatic N) is 2. The van der Waals surface area contributed by atoms with Crippen molar-refractivity contribution in [2.24, 2.45) is 0 Å². The molecule has 1 aliphatic heterocycles. The molecular formula is C36H29AuN2O. The van der Waals surface area contributed by atoms with E-state index in [1.807, 2.05) is 72.9 Å². The van der Waals surface area contributed by atoms with Crippen molar-refractivity contribution in [1.82, 2.24) is 9.97 Å². The van der Waals surface area contributed by atoms with Gasteiger partial charge in [-0.15, -0.1) is 17.8 Å². The van der Waals surface area contributed by atoms with Crippen LogP contribution in [0.3, 0.4) is 0 Å². The molecule has 0 spiro atoms. The molecule has 2 aromatic heterocycles. The van der Waals surface area contributed by atoms with Gasteiger partial charge in [-0.25, -0.2) is 4.98 Å². The monoisotopic (exact) mass is 702 g/mol. The fourth-order valence-electron chi connectivity index (χ4n) is 5.25. The summed E-state index contributed by atoms with van der Waals surface area (Å²) in [7, 11) is 0. The smallest absolute Gasteiger partial charge is 0.664 e. The standard InChI is InChI=1S/C19H13N2.C17H16O.Au/c1-4-9-17-14(6-1)11-12-19(21-17)16-8-3-2-7-15(16)18-10-5-13-20-18;1-11-7-5-9-13-15(11)18-16-12(2)8-6-10-14(16)17(13,3)4;/h1-13H;5-10H,1-2H2,3-4H3;/q-1;-2;+3. The van der Waals surface area contributed by atoms with E-state index in [4.69, 9.17) is 9.72 Å². The van der Waals surface area contributed by atoms with E-state index in [9.17, 15) is 0 Å². The first kappa shape index (κ1) is 27.4. The summed E-state index contributed by atoms with van der Waals surface area (Å²) in [4.78, 5) is 9.20. The second kappa shape index (κ2) is 11.1. The van der Waals surface area contributed by atoms with Gasteiger partial charge in [0.25, 0.3) is 0 Å². The summed E-state index contributed by atoms with van der Waals surface area (Å²) in [6, 6.07) is 36.9.